The first kappa shape index (κ1) is 14.0. The highest BCUT2D eigenvalue weighted by atomic mass is 16.5. The van der Waals surface area contributed by atoms with Gasteiger partial charge < -0.3 is 15.0 Å². The molecule has 0 amide bonds. The molecule has 0 bridgehead atoms. The zero-order chi connectivity index (χ0) is 13.9. The maximum Gasteiger partial charge on any atom is 0.229 e. The van der Waals surface area contributed by atoms with Crippen molar-refractivity contribution in [3.8, 4) is 0 Å². The molecule has 3 rings (SSSR count). The van der Waals surface area contributed by atoms with Gasteiger partial charge in [-0.2, -0.15) is 4.98 Å². The van der Waals surface area contributed by atoms with Crippen LogP contribution in [0.15, 0.2) is 4.52 Å². The molecule has 20 heavy (non-hydrogen) atoms. The Morgan fingerprint density at radius 1 is 1.50 bits per heavy atom. The predicted octanol–water partition coefficient (Wildman–Crippen LogP) is 1.45. The van der Waals surface area contributed by atoms with Gasteiger partial charge in [-0.05, 0) is 38.8 Å². The lowest BCUT2D eigenvalue weighted by Gasteiger charge is -2.33. The summed E-state index contributed by atoms with van der Waals surface area (Å²) < 4.78 is 11.3. The molecule has 2 fully saturated rings. The van der Waals surface area contributed by atoms with Crippen LogP contribution >= 0.6 is 0 Å². The molecule has 2 aliphatic heterocycles. The van der Waals surface area contributed by atoms with Gasteiger partial charge in [0.25, 0.3) is 0 Å². The lowest BCUT2D eigenvalue weighted by Crippen LogP contribution is -2.42. The van der Waals surface area contributed by atoms with Crippen molar-refractivity contribution in [2.75, 3.05) is 26.2 Å². The van der Waals surface area contributed by atoms with Crippen LogP contribution in [0.1, 0.15) is 56.3 Å². The predicted molar refractivity (Wildman–Crippen MR) is 74.3 cm³/mol. The molecular weight excluding hydrogens is 256 g/mol. The fraction of sp³-hybridized carbons (Fsp3) is 0.857. The zero-order valence-electron chi connectivity index (χ0n) is 12.1. The molecule has 1 aromatic heterocycles. The summed E-state index contributed by atoms with van der Waals surface area (Å²) in [5.41, 5.74) is 5.53. The van der Waals surface area contributed by atoms with E-state index < -0.39 is 0 Å². The molecule has 6 heteroatoms. The van der Waals surface area contributed by atoms with Gasteiger partial charge in [0.1, 0.15) is 6.10 Å². The van der Waals surface area contributed by atoms with Gasteiger partial charge in [0.15, 0.2) is 0 Å². The maximum absolute atomic E-state index is 5.91. The van der Waals surface area contributed by atoms with Gasteiger partial charge in [-0.3, -0.25) is 4.90 Å². The van der Waals surface area contributed by atoms with Crippen LogP contribution in [-0.4, -0.2) is 47.3 Å². The third-order valence-corrected chi connectivity index (χ3v) is 4.40. The summed E-state index contributed by atoms with van der Waals surface area (Å²) in [6, 6.07) is 0.598. The second-order valence-corrected chi connectivity index (χ2v) is 5.94. The molecule has 0 aromatic carbocycles. The fourth-order valence-electron chi connectivity index (χ4n) is 3.10. The molecule has 0 spiro atoms. The Morgan fingerprint density at radius 2 is 2.40 bits per heavy atom. The van der Waals surface area contributed by atoms with Crippen molar-refractivity contribution in [3.63, 3.8) is 0 Å². The van der Waals surface area contributed by atoms with Crippen molar-refractivity contribution in [3.05, 3.63) is 11.7 Å². The molecule has 2 aliphatic rings. The van der Waals surface area contributed by atoms with E-state index in [-0.39, 0.29) is 12.0 Å². The van der Waals surface area contributed by atoms with E-state index in [2.05, 4.69) is 22.0 Å². The Balaban J connectivity index is 1.61. The van der Waals surface area contributed by atoms with Crippen LogP contribution in [-0.2, 0) is 4.74 Å². The van der Waals surface area contributed by atoms with Gasteiger partial charge in [0, 0.05) is 18.5 Å². The molecule has 112 valence electrons. The smallest absolute Gasteiger partial charge is 0.229 e. The molecule has 6 nitrogen and oxygen atoms in total. The van der Waals surface area contributed by atoms with Gasteiger partial charge in [-0.15, -0.1) is 0 Å². The van der Waals surface area contributed by atoms with Gasteiger partial charge in [-0.1, -0.05) is 12.1 Å². The Morgan fingerprint density at radius 3 is 3.25 bits per heavy atom. The molecule has 3 heterocycles. The van der Waals surface area contributed by atoms with Crippen molar-refractivity contribution in [2.24, 2.45) is 5.73 Å². The van der Waals surface area contributed by atoms with Gasteiger partial charge >= 0.3 is 0 Å². The van der Waals surface area contributed by atoms with Crippen LogP contribution < -0.4 is 5.73 Å². The normalized spacial score (nSPS) is 28.5. The minimum absolute atomic E-state index is 0.0384. The second-order valence-electron chi connectivity index (χ2n) is 5.94. The molecule has 0 radical (unpaired) electrons. The summed E-state index contributed by atoms with van der Waals surface area (Å²) in [5, 5.41) is 4.11. The number of rotatable bonds is 5. The van der Waals surface area contributed by atoms with E-state index in [1.54, 1.807) is 0 Å². The van der Waals surface area contributed by atoms with E-state index in [0.29, 0.717) is 24.3 Å². The van der Waals surface area contributed by atoms with Gasteiger partial charge in [0.2, 0.25) is 11.7 Å². The Hall–Kier alpha value is -0.980. The minimum atomic E-state index is -0.0384. The molecule has 3 atom stereocenters. The lowest BCUT2D eigenvalue weighted by atomic mass is 10.1. The van der Waals surface area contributed by atoms with E-state index in [9.17, 15) is 0 Å². The van der Waals surface area contributed by atoms with E-state index in [1.807, 2.05) is 0 Å². The van der Waals surface area contributed by atoms with Crippen LogP contribution in [0, 0.1) is 0 Å². The molecule has 0 saturated carbocycles. The topological polar surface area (TPSA) is 77.4 Å². The van der Waals surface area contributed by atoms with E-state index in [4.69, 9.17) is 15.0 Å². The molecule has 2 N–H and O–H groups in total. The summed E-state index contributed by atoms with van der Waals surface area (Å²) >= 11 is 0. The zero-order valence-corrected chi connectivity index (χ0v) is 12.1. The number of hydrogen-bond acceptors (Lipinski definition) is 6. The number of aromatic nitrogens is 2. The monoisotopic (exact) mass is 280 g/mol. The van der Waals surface area contributed by atoms with Crippen LogP contribution in [0.4, 0.5) is 0 Å². The Labute approximate surface area is 119 Å². The van der Waals surface area contributed by atoms with Crippen LogP contribution in [0.25, 0.3) is 0 Å². The third-order valence-electron chi connectivity index (χ3n) is 4.40. The molecule has 3 unspecified atom stereocenters. The summed E-state index contributed by atoms with van der Waals surface area (Å²) in [6.45, 7) is 5.65. The van der Waals surface area contributed by atoms with Crippen molar-refractivity contribution in [1.82, 2.24) is 15.0 Å². The number of hydrogen-bond donors (Lipinski definition) is 1. The standard InChI is InChI=1S/C14H24N4O2/c1-10(4-2-6-15)14-16-13(17-20-14)12-8-18-7-3-5-11(18)9-19-12/h10-12H,2-9,15H2,1H3. The fourth-order valence-corrected chi connectivity index (χ4v) is 3.10. The SMILES string of the molecule is CC(CCCN)c1nc(C2CN3CCCC3CO2)no1. The Kier molecular flexibility index (Phi) is 4.33. The van der Waals surface area contributed by atoms with Crippen LogP contribution in [0.3, 0.4) is 0 Å². The number of nitrogens with zero attached hydrogens (tertiary/aromatic N) is 3. The lowest BCUT2D eigenvalue weighted by molar-refractivity contribution is -0.0548. The highest BCUT2D eigenvalue weighted by molar-refractivity contribution is 4.99. The van der Waals surface area contributed by atoms with E-state index in [0.717, 1.165) is 26.0 Å². The van der Waals surface area contributed by atoms with Crippen LogP contribution in [0.5, 0.6) is 0 Å². The number of ether oxygens (including phenoxy) is 1. The molecular formula is C14H24N4O2. The second kappa shape index (κ2) is 6.20. The van der Waals surface area contributed by atoms with Gasteiger partial charge in [0.05, 0.1) is 6.61 Å². The number of nitrogens with two attached hydrogens (primary N) is 1. The van der Waals surface area contributed by atoms with Crippen LogP contribution in [0.2, 0.25) is 0 Å². The van der Waals surface area contributed by atoms with Crippen molar-refractivity contribution < 1.29 is 9.26 Å². The highest BCUT2D eigenvalue weighted by Gasteiger charge is 2.35. The number of fused-ring (bicyclic) bond motifs is 1. The Bertz CT molecular complexity index is 437. The first-order chi connectivity index (χ1) is 9.78. The van der Waals surface area contributed by atoms with E-state index >= 15 is 0 Å². The van der Waals surface area contributed by atoms with Crippen molar-refractivity contribution >= 4 is 0 Å². The molecule has 0 aliphatic carbocycles. The van der Waals surface area contributed by atoms with Crippen molar-refractivity contribution in [2.45, 2.75) is 50.7 Å². The molecule has 2 saturated heterocycles. The number of morpholine rings is 1. The quantitative estimate of drug-likeness (QED) is 0.879. The van der Waals surface area contributed by atoms with E-state index in [1.165, 1.54) is 19.4 Å². The largest absolute Gasteiger partial charge is 0.367 e. The third kappa shape index (κ3) is 2.87. The molecule has 1 aromatic rings. The average molecular weight is 280 g/mol. The summed E-state index contributed by atoms with van der Waals surface area (Å²) in [4.78, 5) is 7.02. The summed E-state index contributed by atoms with van der Waals surface area (Å²) in [6.07, 6.45) is 4.45. The van der Waals surface area contributed by atoms with Gasteiger partial charge in [-0.25, -0.2) is 0 Å². The minimum Gasteiger partial charge on any atom is -0.367 e. The first-order valence-electron chi connectivity index (χ1n) is 7.67. The first-order valence-corrected chi connectivity index (χ1v) is 7.67. The summed E-state index contributed by atoms with van der Waals surface area (Å²) in [5.74, 6) is 1.67. The highest BCUT2D eigenvalue weighted by Crippen LogP contribution is 2.29. The van der Waals surface area contributed by atoms with Crippen molar-refractivity contribution in [1.29, 1.82) is 0 Å². The maximum atomic E-state index is 5.91. The summed E-state index contributed by atoms with van der Waals surface area (Å²) in [7, 11) is 0. The average Bonchev–Trinajstić information content (AvgIpc) is 3.12.